The predicted molar refractivity (Wildman–Crippen MR) is 105 cm³/mol. The number of benzene rings is 2. The first-order valence-electron chi connectivity index (χ1n) is 9.45. The van der Waals surface area contributed by atoms with Gasteiger partial charge in [-0.25, -0.2) is 4.39 Å². The number of nitrogens with zero attached hydrogens (tertiary/aromatic N) is 2. The van der Waals surface area contributed by atoms with Crippen molar-refractivity contribution in [1.82, 2.24) is 9.78 Å². The molecule has 1 aliphatic rings. The van der Waals surface area contributed by atoms with Crippen molar-refractivity contribution in [3.05, 3.63) is 82.4 Å². The molecule has 1 amide bonds. The zero-order chi connectivity index (χ0) is 19.5. The molecule has 2 heterocycles. The second-order valence-electron chi connectivity index (χ2n) is 6.87. The molecule has 3 aromatic rings. The molecule has 0 fully saturated rings. The minimum Gasteiger partial charge on any atom is -0.376 e. The Hall–Kier alpha value is -2.99. The molecule has 6 heteroatoms. The largest absolute Gasteiger partial charge is 0.376 e. The SMILES string of the molecule is CCc1ccc(NC(=O)c2nn(Cc3ccc(F)cc3)c3c2COCC3)cc1. The summed E-state index contributed by atoms with van der Waals surface area (Å²) in [6, 6.07) is 14.1. The number of ether oxygens (including phenoxy) is 1. The van der Waals surface area contributed by atoms with Crippen LogP contribution in [0.5, 0.6) is 0 Å². The average Bonchev–Trinajstić information content (AvgIpc) is 3.09. The number of fused-ring (bicyclic) bond motifs is 1. The summed E-state index contributed by atoms with van der Waals surface area (Å²) in [5.74, 6) is -0.516. The van der Waals surface area contributed by atoms with Gasteiger partial charge in [0.05, 0.1) is 19.8 Å². The molecule has 1 N–H and O–H groups in total. The van der Waals surface area contributed by atoms with E-state index in [0.29, 0.717) is 31.9 Å². The van der Waals surface area contributed by atoms with Crippen molar-refractivity contribution in [3.63, 3.8) is 0 Å². The van der Waals surface area contributed by atoms with Crippen LogP contribution in [0.25, 0.3) is 0 Å². The Morgan fingerprint density at radius 1 is 1.14 bits per heavy atom. The minimum atomic E-state index is -0.270. The highest BCUT2D eigenvalue weighted by atomic mass is 19.1. The van der Waals surface area contributed by atoms with E-state index < -0.39 is 0 Å². The molecule has 0 saturated carbocycles. The summed E-state index contributed by atoms with van der Waals surface area (Å²) < 4.78 is 20.6. The van der Waals surface area contributed by atoms with E-state index in [1.807, 2.05) is 28.9 Å². The molecule has 0 spiro atoms. The zero-order valence-electron chi connectivity index (χ0n) is 15.7. The number of amides is 1. The first-order chi connectivity index (χ1) is 13.6. The molecule has 5 nitrogen and oxygen atoms in total. The summed E-state index contributed by atoms with van der Waals surface area (Å²) in [4.78, 5) is 12.9. The van der Waals surface area contributed by atoms with Gasteiger partial charge in [-0.1, -0.05) is 31.2 Å². The van der Waals surface area contributed by atoms with Gasteiger partial charge in [0.15, 0.2) is 5.69 Å². The van der Waals surface area contributed by atoms with Crippen LogP contribution in [0.3, 0.4) is 0 Å². The summed E-state index contributed by atoms with van der Waals surface area (Å²) in [5.41, 5.74) is 5.10. The lowest BCUT2D eigenvalue weighted by Crippen LogP contribution is -2.17. The number of hydrogen-bond acceptors (Lipinski definition) is 3. The Bertz CT molecular complexity index is 978. The molecule has 2 aromatic carbocycles. The average molecular weight is 379 g/mol. The number of hydrogen-bond donors (Lipinski definition) is 1. The number of carbonyl (C=O) groups is 1. The first-order valence-corrected chi connectivity index (χ1v) is 9.45. The summed E-state index contributed by atoms with van der Waals surface area (Å²) in [6.45, 7) is 3.55. The molecule has 1 aliphatic heterocycles. The van der Waals surface area contributed by atoms with Gasteiger partial charge in [-0.05, 0) is 41.8 Å². The predicted octanol–water partition coefficient (Wildman–Crippen LogP) is 3.96. The fourth-order valence-electron chi connectivity index (χ4n) is 3.40. The maximum atomic E-state index is 13.2. The van der Waals surface area contributed by atoms with E-state index in [2.05, 4.69) is 17.3 Å². The Morgan fingerprint density at radius 3 is 2.57 bits per heavy atom. The Kier molecular flexibility index (Phi) is 5.21. The summed E-state index contributed by atoms with van der Waals surface area (Å²) in [7, 11) is 0. The van der Waals surface area contributed by atoms with Gasteiger partial charge in [-0.3, -0.25) is 9.48 Å². The fourth-order valence-corrected chi connectivity index (χ4v) is 3.40. The molecule has 144 valence electrons. The van der Waals surface area contributed by atoms with E-state index in [0.717, 1.165) is 28.9 Å². The van der Waals surface area contributed by atoms with Gasteiger partial charge in [0, 0.05) is 23.4 Å². The van der Waals surface area contributed by atoms with Crippen LogP contribution in [0, 0.1) is 5.82 Å². The number of aryl methyl sites for hydroxylation is 1. The Labute approximate surface area is 163 Å². The van der Waals surface area contributed by atoms with Crippen molar-refractivity contribution >= 4 is 11.6 Å². The molecule has 0 radical (unpaired) electrons. The van der Waals surface area contributed by atoms with Gasteiger partial charge in [-0.2, -0.15) is 5.10 Å². The lowest BCUT2D eigenvalue weighted by Gasteiger charge is -2.15. The zero-order valence-corrected chi connectivity index (χ0v) is 15.7. The van der Waals surface area contributed by atoms with E-state index in [1.165, 1.54) is 17.7 Å². The van der Waals surface area contributed by atoms with Crippen LogP contribution in [0.4, 0.5) is 10.1 Å². The van der Waals surface area contributed by atoms with Crippen LogP contribution in [-0.4, -0.2) is 22.3 Å². The maximum absolute atomic E-state index is 13.2. The van der Waals surface area contributed by atoms with Crippen LogP contribution in [-0.2, 0) is 30.7 Å². The van der Waals surface area contributed by atoms with Gasteiger partial charge in [0.1, 0.15) is 5.82 Å². The van der Waals surface area contributed by atoms with Gasteiger partial charge < -0.3 is 10.1 Å². The first kappa shape index (κ1) is 18.4. The van der Waals surface area contributed by atoms with E-state index in [-0.39, 0.29) is 11.7 Å². The monoisotopic (exact) mass is 379 g/mol. The van der Waals surface area contributed by atoms with Gasteiger partial charge in [0.25, 0.3) is 5.91 Å². The maximum Gasteiger partial charge on any atom is 0.276 e. The Morgan fingerprint density at radius 2 is 1.86 bits per heavy atom. The van der Waals surface area contributed by atoms with E-state index in [9.17, 15) is 9.18 Å². The van der Waals surface area contributed by atoms with Crippen LogP contribution >= 0.6 is 0 Å². The third kappa shape index (κ3) is 3.82. The molecule has 0 atom stereocenters. The Balaban J connectivity index is 1.60. The van der Waals surface area contributed by atoms with E-state index >= 15 is 0 Å². The normalized spacial score (nSPS) is 13.2. The molecule has 28 heavy (non-hydrogen) atoms. The van der Waals surface area contributed by atoms with Crippen molar-refractivity contribution in [2.45, 2.75) is 32.9 Å². The highest BCUT2D eigenvalue weighted by molar-refractivity contribution is 6.04. The van der Waals surface area contributed by atoms with Gasteiger partial charge in [-0.15, -0.1) is 0 Å². The number of carbonyl (C=O) groups excluding carboxylic acids is 1. The lowest BCUT2D eigenvalue weighted by molar-refractivity contribution is 0.0984. The summed E-state index contributed by atoms with van der Waals surface area (Å²) in [5, 5.41) is 7.49. The number of anilines is 1. The van der Waals surface area contributed by atoms with E-state index in [1.54, 1.807) is 12.1 Å². The second-order valence-corrected chi connectivity index (χ2v) is 6.87. The molecule has 0 bridgehead atoms. The summed E-state index contributed by atoms with van der Waals surface area (Å²) >= 11 is 0. The molecule has 0 unspecified atom stereocenters. The van der Waals surface area contributed by atoms with Crippen LogP contribution < -0.4 is 5.32 Å². The van der Waals surface area contributed by atoms with Crippen molar-refractivity contribution in [2.75, 3.05) is 11.9 Å². The number of halogens is 1. The topological polar surface area (TPSA) is 56.2 Å². The van der Waals surface area contributed by atoms with Crippen LogP contribution in [0.1, 0.15) is 39.8 Å². The molecular formula is C22H22FN3O2. The molecule has 0 aliphatic carbocycles. The second kappa shape index (κ2) is 7.94. The highest BCUT2D eigenvalue weighted by Crippen LogP contribution is 2.23. The number of aromatic nitrogens is 2. The van der Waals surface area contributed by atoms with Crippen molar-refractivity contribution < 1.29 is 13.9 Å². The van der Waals surface area contributed by atoms with Gasteiger partial charge in [0.2, 0.25) is 0 Å². The van der Waals surface area contributed by atoms with E-state index in [4.69, 9.17) is 4.74 Å². The number of nitrogens with one attached hydrogen (secondary N) is 1. The summed E-state index contributed by atoms with van der Waals surface area (Å²) in [6.07, 6.45) is 1.65. The van der Waals surface area contributed by atoms with Crippen molar-refractivity contribution in [2.24, 2.45) is 0 Å². The molecule has 4 rings (SSSR count). The molecular weight excluding hydrogens is 357 g/mol. The molecule has 0 saturated heterocycles. The van der Waals surface area contributed by atoms with Crippen LogP contribution in [0.15, 0.2) is 48.5 Å². The third-order valence-electron chi connectivity index (χ3n) is 4.98. The third-order valence-corrected chi connectivity index (χ3v) is 4.98. The van der Waals surface area contributed by atoms with Crippen LogP contribution in [0.2, 0.25) is 0 Å². The van der Waals surface area contributed by atoms with Crippen molar-refractivity contribution in [1.29, 1.82) is 0 Å². The van der Waals surface area contributed by atoms with Gasteiger partial charge >= 0.3 is 0 Å². The quantitative estimate of drug-likeness (QED) is 0.730. The number of rotatable bonds is 5. The lowest BCUT2D eigenvalue weighted by atomic mass is 10.1. The smallest absolute Gasteiger partial charge is 0.276 e. The minimum absolute atomic E-state index is 0.246. The van der Waals surface area contributed by atoms with Crippen molar-refractivity contribution in [3.8, 4) is 0 Å². The fraction of sp³-hybridized carbons (Fsp3) is 0.273. The standard InChI is InChI=1S/C22H22FN3O2/c1-2-15-5-9-18(10-6-15)24-22(27)21-19-14-28-12-11-20(19)26(25-21)13-16-3-7-17(23)8-4-16/h3-10H,2,11-14H2,1H3,(H,24,27). The highest BCUT2D eigenvalue weighted by Gasteiger charge is 2.25. The molecule has 1 aromatic heterocycles.